The van der Waals surface area contributed by atoms with E-state index in [-0.39, 0.29) is 29.5 Å². The van der Waals surface area contributed by atoms with E-state index in [1.807, 2.05) is 60.0 Å². The number of hydrogen-bond donors (Lipinski definition) is 0. The zero-order chi connectivity index (χ0) is 27.2. The third kappa shape index (κ3) is 4.94. The fourth-order valence-electron chi connectivity index (χ4n) is 4.79. The molecule has 4 heterocycles. The Morgan fingerprint density at radius 3 is 2.50 bits per heavy atom. The Hall–Kier alpha value is -3.95. The van der Waals surface area contributed by atoms with Crippen molar-refractivity contribution in [2.75, 3.05) is 13.7 Å². The average molecular weight is 518 g/mol. The van der Waals surface area contributed by atoms with Gasteiger partial charge in [-0.05, 0) is 59.2 Å². The number of ether oxygens (including phenoxy) is 2. The van der Waals surface area contributed by atoms with Crippen molar-refractivity contribution < 1.29 is 14.3 Å². The van der Waals surface area contributed by atoms with Crippen LogP contribution in [0.25, 0.3) is 16.9 Å². The Labute approximate surface area is 222 Å². The third-order valence-electron chi connectivity index (χ3n) is 7.18. The molecule has 1 amide bonds. The SMILES string of the molecule is COc1ccc([C@H](C)N2C[C@H]([C@@H](C)Oc3nc(-c4cnn(C(C)(C)C)c4)cc4nc(C)nn34)CC2=O)cc1. The molecule has 5 rings (SSSR count). The van der Waals surface area contributed by atoms with Gasteiger partial charge in [0, 0.05) is 36.7 Å². The van der Waals surface area contributed by atoms with E-state index < -0.39 is 0 Å². The molecule has 38 heavy (non-hydrogen) atoms. The van der Waals surface area contributed by atoms with Gasteiger partial charge in [0.25, 0.3) is 0 Å². The highest BCUT2D eigenvalue weighted by Gasteiger charge is 2.37. The number of aryl methyl sites for hydroxylation is 1. The summed E-state index contributed by atoms with van der Waals surface area (Å²) in [6.07, 6.45) is 3.93. The minimum absolute atomic E-state index is 0.0111. The number of likely N-dealkylation sites (tertiary alicyclic amines) is 1. The lowest BCUT2D eigenvalue weighted by atomic mass is 10.0. The van der Waals surface area contributed by atoms with Crippen molar-refractivity contribution in [2.24, 2.45) is 5.92 Å². The van der Waals surface area contributed by atoms with Crippen molar-refractivity contribution in [3.05, 3.63) is 54.1 Å². The van der Waals surface area contributed by atoms with Gasteiger partial charge in [-0.25, -0.2) is 4.98 Å². The standard InChI is InChI=1S/C28H35N7O3/c1-17(20-8-10-23(37-7)11-9-20)33-15-21(12-26(33)36)18(2)38-27-31-24(13-25-30-19(3)32-35(25)27)22-14-29-34(16-22)28(4,5)6/h8-11,13-14,16-18,21H,12,15H2,1-7H3/t17-,18+,21+/m0/s1. The molecule has 0 spiro atoms. The first kappa shape index (κ1) is 25.7. The van der Waals surface area contributed by atoms with Gasteiger partial charge in [0.1, 0.15) is 17.7 Å². The number of nitrogens with zero attached hydrogens (tertiary/aromatic N) is 7. The zero-order valence-electron chi connectivity index (χ0n) is 23.0. The smallest absolute Gasteiger partial charge is 0.320 e. The summed E-state index contributed by atoms with van der Waals surface area (Å²) in [5.74, 6) is 1.55. The molecule has 1 aliphatic heterocycles. The fraction of sp³-hybridized carbons (Fsp3) is 0.464. The number of rotatable bonds is 7. The lowest BCUT2D eigenvalue weighted by molar-refractivity contribution is -0.129. The van der Waals surface area contributed by atoms with Crippen molar-refractivity contribution in [1.82, 2.24) is 34.3 Å². The van der Waals surface area contributed by atoms with Gasteiger partial charge in [-0.1, -0.05) is 12.1 Å². The second-order valence-electron chi connectivity index (χ2n) is 11.0. The molecular weight excluding hydrogens is 482 g/mol. The number of amides is 1. The van der Waals surface area contributed by atoms with Crippen LogP contribution < -0.4 is 9.47 Å². The van der Waals surface area contributed by atoms with Crippen molar-refractivity contribution in [1.29, 1.82) is 0 Å². The van der Waals surface area contributed by atoms with Crippen molar-refractivity contribution >= 4 is 11.6 Å². The first-order valence-corrected chi connectivity index (χ1v) is 12.9. The van der Waals surface area contributed by atoms with E-state index >= 15 is 0 Å². The Balaban J connectivity index is 1.37. The third-order valence-corrected chi connectivity index (χ3v) is 7.18. The summed E-state index contributed by atoms with van der Waals surface area (Å²) >= 11 is 0. The lowest BCUT2D eigenvalue weighted by Crippen LogP contribution is -2.31. The molecule has 1 fully saturated rings. The molecule has 200 valence electrons. The summed E-state index contributed by atoms with van der Waals surface area (Å²) in [7, 11) is 1.65. The van der Waals surface area contributed by atoms with Crippen LogP contribution in [0.3, 0.4) is 0 Å². The van der Waals surface area contributed by atoms with Gasteiger partial charge >= 0.3 is 6.01 Å². The quantitative estimate of drug-likeness (QED) is 0.357. The van der Waals surface area contributed by atoms with Crippen LogP contribution in [0.1, 0.15) is 58.5 Å². The van der Waals surface area contributed by atoms with Crippen LogP contribution in [0.2, 0.25) is 0 Å². The predicted molar refractivity (Wildman–Crippen MR) is 143 cm³/mol. The van der Waals surface area contributed by atoms with Crippen LogP contribution in [0, 0.1) is 12.8 Å². The molecule has 4 aromatic rings. The van der Waals surface area contributed by atoms with Gasteiger partial charge in [0.05, 0.1) is 30.6 Å². The number of carbonyl (C=O) groups excluding carboxylic acids is 1. The number of fused-ring (bicyclic) bond motifs is 1. The molecule has 0 unspecified atom stereocenters. The fourth-order valence-corrected chi connectivity index (χ4v) is 4.79. The van der Waals surface area contributed by atoms with Gasteiger partial charge in [-0.15, -0.1) is 5.10 Å². The number of methoxy groups -OCH3 is 1. The number of hydrogen-bond acceptors (Lipinski definition) is 7. The van der Waals surface area contributed by atoms with Crippen LogP contribution in [-0.2, 0) is 10.3 Å². The molecule has 3 aromatic heterocycles. The van der Waals surface area contributed by atoms with E-state index in [4.69, 9.17) is 14.5 Å². The summed E-state index contributed by atoms with van der Waals surface area (Å²) in [4.78, 5) is 24.3. The molecule has 1 saturated heterocycles. The number of aromatic nitrogens is 6. The monoisotopic (exact) mass is 517 g/mol. The van der Waals surface area contributed by atoms with E-state index in [1.165, 1.54) is 0 Å². The van der Waals surface area contributed by atoms with Crippen LogP contribution in [-0.4, -0.2) is 59.9 Å². The molecule has 0 bridgehead atoms. The zero-order valence-corrected chi connectivity index (χ0v) is 23.0. The molecule has 10 nitrogen and oxygen atoms in total. The Kier molecular flexibility index (Phi) is 6.58. The van der Waals surface area contributed by atoms with Crippen molar-refractivity contribution in [2.45, 2.75) is 65.6 Å². The minimum Gasteiger partial charge on any atom is -0.497 e. The second kappa shape index (κ2) is 9.74. The summed E-state index contributed by atoms with van der Waals surface area (Å²) in [6.45, 7) is 12.8. The highest BCUT2D eigenvalue weighted by Crippen LogP contribution is 2.32. The summed E-state index contributed by atoms with van der Waals surface area (Å²) in [6, 6.07) is 10.0. The van der Waals surface area contributed by atoms with Crippen LogP contribution in [0.4, 0.5) is 0 Å². The lowest BCUT2D eigenvalue weighted by Gasteiger charge is -2.26. The molecule has 0 saturated carbocycles. The topological polar surface area (TPSA) is 99.7 Å². The van der Waals surface area contributed by atoms with Gasteiger partial charge in [0.15, 0.2) is 5.65 Å². The molecule has 0 radical (unpaired) electrons. The summed E-state index contributed by atoms with van der Waals surface area (Å²) in [5, 5.41) is 9.01. The first-order chi connectivity index (χ1) is 18.0. The molecule has 10 heteroatoms. The highest BCUT2D eigenvalue weighted by atomic mass is 16.5. The van der Waals surface area contributed by atoms with Crippen molar-refractivity contribution in [3.8, 4) is 23.0 Å². The maximum Gasteiger partial charge on any atom is 0.320 e. The maximum absolute atomic E-state index is 13.0. The number of carbonyl (C=O) groups is 1. The predicted octanol–water partition coefficient (Wildman–Crippen LogP) is 4.44. The normalized spacial score (nSPS) is 17.7. The number of benzene rings is 1. The Morgan fingerprint density at radius 1 is 1.11 bits per heavy atom. The maximum atomic E-state index is 13.0. The molecule has 0 aliphatic carbocycles. The van der Waals surface area contributed by atoms with Crippen LogP contribution >= 0.6 is 0 Å². The van der Waals surface area contributed by atoms with Gasteiger partial charge in [0.2, 0.25) is 5.91 Å². The van der Waals surface area contributed by atoms with E-state index in [0.29, 0.717) is 36.1 Å². The van der Waals surface area contributed by atoms with Crippen molar-refractivity contribution in [3.63, 3.8) is 0 Å². The van der Waals surface area contributed by atoms with Gasteiger partial charge in [-0.3, -0.25) is 9.48 Å². The molecule has 0 N–H and O–H groups in total. The summed E-state index contributed by atoms with van der Waals surface area (Å²) < 4.78 is 15.2. The van der Waals surface area contributed by atoms with E-state index in [2.05, 4.69) is 42.9 Å². The summed E-state index contributed by atoms with van der Waals surface area (Å²) in [5.41, 5.74) is 3.15. The molecular formula is C28H35N7O3. The largest absolute Gasteiger partial charge is 0.497 e. The average Bonchev–Trinajstić information content (AvgIpc) is 3.61. The van der Waals surface area contributed by atoms with E-state index in [0.717, 1.165) is 16.9 Å². The minimum atomic E-state index is -0.264. The molecule has 3 atom stereocenters. The Morgan fingerprint density at radius 2 is 1.84 bits per heavy atom. The van der Waals surface area contributed by atoms with Crippen LogP contribution in [0.5, 0.6) is 11.8 Å². The van der Waals surface area contributed by atoms with Gasteiger partial charge in [-0.2, -0.15) is 14.6 Å². The molecule has 1 aliphatic rings. The van der Waals surface area contributed by atoms with E-state index in [1.54, 1.807) is 17.8 Å². The first-order valence-electron chi connectivity index (χ1n) is 12.9. The second-order valence-corrected chi connectivity index (χ2v) is 11.0. The highest BCUT2D eigenvalue weighted by molar-refractivity contribution is 5.79. The van der Waals surface area contributed by atoms with Crippen LogP contribution in [0.15, 0.2) is 42.7 Å². The van der Waals surface area contributed by atoms with Gasteiger partial charge < -0.3 is 14.4 Å². The molecule has 1 aromatic carbocycles. The Bertz CT molecular complexity index is 1450. The van der Waals surface area contributed by atoms with E-state index in [9.17, 15) is 4.79 Å².